The predicted octanol–water partition coefficient (Wildman–Crippen LogP) is 9.10. The molecule has 172 valence electrons. The first-order valence-electron chi connectivity index (χ1n) is 12.9. The lowest BCUT2D eigenvalue weighted by molar-refractivity contribution is -0.0353. The Kier molecular flexibility index (Phi) is 29.0. The second-order valence-corrected chi connectivity index (χ2v) is 8.37. The summed E-state index contributed by atoms with van der Waals surface area (Å²) in [6.45, 7) is 14.2. The quantitative estimate of drug-likeness (QED) is 0.179. The van der Waals surface area contributed by atoms with Crippen molar-refractivity contribution >= 4 is 0 Å². The van der Waals surface area contributed by atoms with E-state index in [1.807, 2.05) is 13.8 Å². The van der Waals surface area contributed by atoms with Gasteiger partial charge in [-0.1, -0.05) is 117 Å². The van der Waals surface area contributed by atoms with Crippen LogP contribution >= 0.6 is 0 Å². The molecule has 0 aromatic rings. The molecule has 0 saturated carbocycles. The molecule has 0 radical (unpaired) electrons. The van der Waals surface area contributed by atoms with Crippen molar-refractivity contribution < 1.29 is 9.47 Å². The van der Waals surface area contributed by atoms with Gasteiger partial charge in [0, 0.05) is 6.61 Å². The fourth-order valence-electron chi connectivity index (χ4n) is 3.51. The standard InChI is InChI=1S/C24H50O2.C2H6/c1-5-6-7-8-9-10-11-12-13-14-15-16-17-18-19-20-21-25-22-24(4)26-23(2)3;1-2/h23-24H,5-22H2,1-4H3;1-2H3. The van der Waals surface area contributed by atoms with E-state index in [2.05, 4.69) is 27.7 Å². The fraction of sp³-hybridized carbons (Fsp3) is 1.00. The van der Waals surface area contributed by atoms with E-state index < -0.39 is 0 Å². The first-order chi connectivity index (χ1) is 13.7. The second kappa shape index (κ2) is 26.9. The number of rotatable bonds is 21. The lowest BCUT2D eigenvalue weighted by atomic mass is 10.0. The molecule has 2 heteroatoms. The molecule has 0 aromatic heterocycles. The van der Waals surface area contributed by atoms with Gasteiger partial charge in [-0.05, 0) is 27.2 Å². The molecule has 0 fully saturated rings. The van der Waals surface area contributed by atoms with E-state index in [0.29, 0.717) is 6.10 Å². The van der Waals surface area contributed by atoms with Crippen molar-refractivity contribution in [1.82, 2.24) is 0 Å². The fourth-order valence-corrected chi connectivity index (χ4v) is 3.51. The average Bonchev–Trinajstić information content (AvgIpc) is 2.68. The molecular formula is C26H56O2. The molecule has 1 unspecified atom stereocenters. The molecule has 0 bridgehead atoms. The van der Waals surface area contributed by atoms with Crippen LogP contribution in [0.15, 0.2) is 0 Å². The zero-order valence-electron chi connectivity index (χ0n) is 20.7. The molecule has 0 heterocycles. The van der Waals surface area contributed by atoms with Gasteiger partial charge >= 0.3 is 0 Å². The topological polar surface area (TPSA) is 18.5 Å². The molecule has 0 N–H and O–H groups in total. The number of ether oxygens (including phenoxy) is 2. The van der Waals surface area contributed by atoms with Crippen LogP contribution in [0.1, 0.15) is 144 Å². The zero-order valence-corrected chi connectivity index (χ0v) is 20.7. The van der Waals surface area contributed by atoms with Gasteiger partial charge in [0.25, 0.3) is 0 Å². The third kappa shape index (κ3) is 28.1. The summed E-state index contributed by atoms with van der Waals surface area (Å²) in [5, 5.41) is 0. The molecule has 0 saturated heterocycles. The van der Waals surface area contributed by atoms with Gasteiger partial charge < -0.3 is 9.47 Å². The summed E-state index contributed by atoms with van der Waals surface area (Å²) in [4.78, 5) is 0. The Balaban J connectivity index is 0. The van der Waals surface area contributed by atoms with E-state index in [1.54, 1.807) is 0 Å². The van der Waals surface area contributed by atoms with Gasteiger partial charge in [-0.2, -0.15) is 0 Å². The Morgan fingerprint density at radius 3 is 1.25 bits per heavy atom. The molecule has 0 aromatic carbocycles. The van der Waals surface area contributed by atoms with Crippen LogP contribution in [-0.4, -0.2) is 25.4 Å². The first-order valence-corrected chi connectivity index (χ1v) is 12.9. The summed E-state index contributed by atoms with van der Waals surface area (Å²) in [7, 11) is 0. The maximum Gasteiger partial charge on any atom is 0.0783 e. The smallest absolute Gasteiger partial charge is 0.0783 e. The third-order valence-electron chi connectivity index (χ3n) is 5.00. The maximum atomic E-state index is 5.69. The van der Waals surface area contributed by atoms with Crippen molar-refractivity contribution in [3.63, 3.8) is 0 Å². The highest BCUT2D eigenvalue weighted by Gasteiger charge is 2.04. The van der Waals surface area contributed by atoms with Crippen LogP contribution in [0.25, 0.3) is 0 Å². The van der Waals surface area contributed by atoms with Crippen LogP contribution in [0, 0.1) is 0 Å². The lowest BCUT2D eigenvalue weighted by Gasteiger charge is -2.16. The van der Waals surface area contributed by atoms with Crippen LogP contribution in [0.2, 0.25) is 0 Å². The Hall–Kier alpha value is -0.0800. The highest BCUT2D eigenvalue weighted by Crippen LogP contribution is 2.13. The van der Waals surface area contributed by atoms with Crippen LogP contribution in [-0.2, 0) is 9.47 Å². The molecule has 0 aliphatic heterocycles. The van der Waals surface area contributed by atoms with E-state index in [-0.39, 0.29) is 6.10 Å². The second-order valence-electron chi connectivity index (χ2n) is 8.37. The van der Waals surface area contributed by atoms with Gasteiger partial charge in [0.05, 0.1) is 18.8 Å². The van der Waals surface area contributed by atoms with Crippen molar-refractivity contribution in [1.29, 1.82) is 0 Å². The molecule has 0 spiro atoms. The first kappa shape index (κ1) is 30.1. The number of unbranched alkanes of at least 4 members (excludes halogenated alkanes) is 15. The minimum Gasteiger partial charge on any atom is -0.379 e. The van der Waals surface area contributed by atoms with Crippen LogP contribution in [0.3, 0.4) is 0 Å². The van der Waals surface area contributed by atoms with Crippen molar-refractivity contribution in [2.75, 3.05) is 13.2 Å². The van der Waals surface area contributed by atoms with Crippen molar-refractivity contribution in [3.8, 4) is 0 Å². The predicted molar refractivity (Wildman–Crippen MR) is 127 cm³/mol. The van der Waals surface area contributed by atoms with Crippen LogP contribution in [0.5, 0.6) is 0 Å². The Labute approximate surface area is 179 Å². The van der Waals surface area contributed by atoms with Crippen LogP contribution < -0.4 is 0 Å². The van der Waals surface area contributed by atoms with Gasteiger partial charge in [0.2, 0.25) is 0 Å². The normalized spacial score (nSPS) is 12.1. The minimum atomic E-state index is 0.219. The summed E-state index contributed by atoms with van der Waals surface area (Å²) < 4.78 is 11.3. The highest BCUT2D eigenvalue weighted by molar-refractivity contribution is 4.52. The summed E-state index contributed by atoms with van der Waals surface area (Å²) in [5.41, 5.74) is 0. The number of hydrogen-bond acceptors (Lipinski definition) is 2. The van der Waals surface area contributed by atoms with E-state index in [4.69, 9.17) is 9.47 Å². The minimum absolute atomic E-state index is 0.219. The monoisotopic (exact) mass is 400 g/mol. The molecular weight excluding hydrogens is 344 g/mol. The van der Waals surface area contributed by atoms with E-state index in [0.717, 1.165) is 13.2 Å². The van der Waals surface area contributed by atoms with Gasteiger partial charge in [0.15, 0.2) is 0 Å². The van der Waals surface area contributed by atoms with Crippen molar-refractivity contribution in [2.45, 2.75) is 156 Å². The van der Waals surface area contributed by atoms with Gasteiger partial charge in [-0.25, -0.2) is 0 Å². The molecule has 1 atom stereocenters. The SMILES string of the molecule is CC.CCCCCCCCCCCCCCCCCCOCC(C)OC(C)C. The maximum absolute atomic E-state index is 5.69. The average molecular weight is 401 g/mol. The zero-order chi connectivity index (χ0) is 21.3. The third-order valence-corrected chi connectivity index (χ3v) is 5.00. The summed E-state index contributed by atoms with van der Waals surface area (Å²) in [5.74, 6) is 0. The largest absolute Gasteiger partial charge is 0.379 e. The molecule has 0 rings (SSSR count). The Bertz CT molecular complexity index is 253. The van der Waals surface area contributed by atoms with Gasteiger partial charge in [0.1, 0.15) is 0 Å². The Morgan fingerprint density at radius 2 is 0.893 bits per heavy atom. The molecule has 2 nitrogen and oxygen atoms in total. The molecule has 28 heavy (non-hydrogen) atoms. The summed E-state index contributed by atoms with van der Waals surface area (Å²) >= 11 is 0. The number of hydrogen-bond donors (Lipinski definition) is 0. The highest BCUT2D eigenvalue weighted by atomic mass is 16.5. The van der Waals surface area contributed by atoms with Crippen molar-refractivity contribution in [3.05, 3.63) is 0 Å². The summed E-state index contributed by atoms with van der Waals surface area (Å²) in [6.07, 6.45) is 23.2. The van der Waals surface area contributed by atoms with Crippen LogP contribution in [0.4, 0.5) is 0 Å². The molecule has 0 aliphatic carbocycles. The lowest BCUT2D eigenvalue weighted by Crippen LogP contribution is -2.20. The van der Waals surface area contributed by atoms with Gasteiger partial charge in [-0.3, -0.25) is 0 Å². The van der Waals surface area contributed by atoms with E-state index >= 15 is 0 Å². The molecule has 0 amide bonds. The summed E-state index contributed by atoms with van der Waals surface area (Å²) in [6, 6.07) is 0. The van der Waals surface area contributed by atoms with E-state index in [1.165, 1.54) is 103 Å². The Morgan fingerprint density at radius 1 is 0.536 bits per heavy atom. The molecule has 0 aliphatic rings. The van der Waals surface area contributed by atoms with Gasteiger partial charge in [-0.15, -0.1) is 0 Å². The van der Waals surface area contributed by atoms with Crippen molar-refractivity contribution in [2.24, 2.45) is 0 Å². The van der Waals surface area contributed by atoms with E-state index in [9.17, 15) is 0 Å².